The van der Waals surface area contributed by atoms with Crippen LogP contribution in [0.1, 0.15) is 26.7 Å². The summed E-state index contributed by atoms with van der Waals surface area (Å²) in [6, 6.07) is 0. The number of carbonyl (C=O) groups is 4. The molecule has 0 aliphatic heterocycles. The molecule has 0 fully saturated rings. The van der Waals surface area contributed by atoms with Gasteiger partial charge < -0.3 is 32.6 Å². The fourth-order valence-electron chi connectivity index (χ4n) is 1.81. The molecule has 0 aromatic carbocycles. The Bertz CT molecular complexity index is 547. The second-order valence-electron chi connectivity index (χ2n) is 5.86. The number of thiol groups is 1. The van der Waals surface area contributed by atoms with Crippen molar-refractivity contribution in [2.45, 2.75) is 37.8 Å². The van der Waals surface area contributed by atoms with Gasteiger partial charge in [0, 0.05) is 12.3 Å². The number of rotatable bonds is 11. The van der Waals surface area contributed by atoms with E-state index in [9.17, 15) is 19.2 Å². The lowest BCUT2D eigenvalue weighted by Gasteiger charge is -2.26. The first kappa shape index (κ1) is 22.9. The van der Waals surface area contributed by atoms with Crippen LogP contribution in [0.15, 0.2) is 4.99 Å². The third-order valence-electron chi connectivity index (χ3n) is 3.52. The molecule has 0 radical (unpaired) electrons. The van der Waals surface area contributed by atoms with Crippen molar-refractivity contribution >= 4 is 42.5 Å². The SMILES string of the molecule is CC(=O)[C@@](C=O)(CS)NC(=O)CNC(=O)[C@@](C)(N)CCCN=C(N)N. The van der Waals surface area contributed by atoms with Gasteiger partial charge in [-0.3, -0.25) is 19.4 Å². The van der Waals surface area contributed by atoms with E-state index in [1.165, 1.54) is 6.92 Å². The molecule has 0 bridgehead atoms. The molecule has 0 aromatic rings. The van der Waals surface area contributed by atoms with Crippen LogP contribution < -0.4 is 27.8 Å². The van der Waals surface area contributed by atoms with Crippen molar-refractivity contribution in [2.24, 2.45) is 22.2 Å². The topological polar surface area (TPSA) is 183 Å². The van der Waals surface area contributed by atoms with Crippen LogP contribution in [0.4, 0.5) is 0 Å². The molecule has 2 atom stereocenters. The first-order valence-electron chi connectivity index (χ1n) is 7.52. The van der Waals surface area contributed by atoms with E-state index in [1.807, 2.05) is 0 Å². The highest BCUT2D eigenvalue weighted by molar-refractivity contribution is 7.80. The van der Waals surface area contributed by atoms with Gasteiger partial charge in [0.1, 0.15) is 0 Å². The van der Waals surface area contributed by atoms with E-state index >= 15 is 0 Å². The van der Waals surface area contributed by atoms with Crippen LogP contribution in [0.25, 0.3) is 0 Å². The minimum atomic E-state index is -1.71. The number of hydrogen-bond donors (Lipinski definition) is 6. The van der Waals surface area contributed by atoms with Gasteiger partial charge >= 0.3 is 0 Å². The monoisotopic (exact) mass is 374 g/mol. The van der Waals surface area contributed by atoms with Crippen LogP contribution in [0.5, 0.6) is 0 Å². The minimum absolute atomic E-state index is 0.0480. The van der Waals surface area contributed by atoms with Crippen LogP contribution in [0.3, 0.4) is 0 Å². The van der Waals surface area contributed by atoms with Crippen LogP contribution in [-0.2, 0) is 19.2 Å². The Balaban J connectivity index is 4.56. The van der Waals surface area contributed by atoms with Crippen LogP contribution in [0, 0.1) is 0 Å². The molecule has 11 heteroatoms. The van der Waals surface area contributed by atoms with Gasteiger partial charge in [0.25, 0.3) is 0 Å². The average molecular weight is 374 g/mol. The fourth-order valence-corrected chi connectivity index (χ4v) is 2.19. The first-order valence-corrected chi connectivity index (χ1v) is 8.16. The first-order chi connectivity index (χ1) is 11.5. The van der Waals surface area contributed by atoms with Crippen LogP contribution in [-0.4, -0.2) is 59.8 Å². The molecule has 0 aliphatic carbocycles. The maximum absolute atomic E-state index is 12.1. The Morgan fingerprint density at radius 3 is 2.32 bits per heavy atom. The quantitative estimate of drug-likeness (QED) is 0.0574. The second-order valence-corrected chi connectivity index (χ2v) is 6.18. The van der Waals surface area contributed by atoms with Crippen molar-refractivity contribution in [3.8, 4) is 0 Å². The molecule has 0 aliphatic rings. The van der Waals surface area contributed by atoms with E-state index in [-0.39, 0.29) is 11.7 Å². The molecular weight excluding hydrogens is 348 g/mol. The van der Waals surface area contributed by atoms with Crippen molar-refractivity contribution in [1.82, 2.24) is 10.6 Å². The number of carbonyl (C=O) groups excluding carboxylic acids is 4. The highest BCUT2D eigenvalue weighted by atomic mass is 32.1. The number of Topliss-reactive ketones (excluding diaryl/α,β-unsaturated/α-hetero) is 1. The summed E-state index contributed by atoms with van der Waals surface area (Å²) in [5.41, 5.74) is 13.4. The zero-order chi connectivity index (χ0) is 19.7. The molecule has 142 valence electrons. The summed E-state index contributed by atoms with van der Waals surface area (Å²) >= 11 is 3.91. The number of ketones is 1. The molecule has 25 heavy (non-hydrogen) atoms. The number of nitrogens with two attached hydrogens (primary N) is 3. The number of aldehydes is 1. The van der Waals surface area contributed by atoms with Crippen LogP contribution >= 0.6 is 12.6 Å². The van der Waals surface area contributed by atoms with Gasteiger partial charge in [-0.05, 0) is 26.7 Å². The number of amides is 2. The maximum Gasteiger partial charge on any atom is 0.240 e. The molecular formula is C14H26N6O4S. The Morgan fingerprint density at radius 2 is 1.88 bits per heavy atom. The van der Waals surface area contributed by atoms with E-state index < -0.39 is 35.2 Å². The zero-order valence-corrected chi connectivity index (χ0v) is 15.3. The number of guanidine groups is 1. The lowest BCUT2D eigenvalue weighted by molar-refractivity contribution is -0.134. The third kappa shape index (κ3) is 7.52. The average Bonchev–Trinajstić information content (AvgIpc) is 2.53. The van der Waals surface area contributed by atoms with Crippen molar-refractivity contribution in [2.75, 3.05) is 18.8 Å². The molecule has 0 heterocycles. The van der Waals surface area contributed by atoms with Gasteiger partial charge in [0.2, 0.25) is 11.8 Å². The third-order valence-corrected chi connectivity index (χ3v) is 4.02. The van der Waals surface area contributed by atoms with Crippen molar-refractivity contribution in [1.29, 1.82) is 0 Å². The molecule has 0 spiro atoms. The smallest absolute Gasteiger partial charge is 0.240 e. The van der Waals surface area contributed by atoms with Crippen molar-refractivity contribution in [3.05, 3.63) is 0 Å². The Hall–Kier alpha value is -2.14. The summed E-state index contributed by atoms with van der Waals surface area (Å²) in [6.45, 7) is 2.56. The Morgan fingerprint density at radius 1 is 1.28 bits per heavy atom. The zero-order valence-electron chi connectivity index (χ0n) is 14.4. The number of nitrogens with one attached hydrogen (secondary N) is 2. The molecule has 8 N–H and O–H groups in total. The normalized spacial score (nSPS) is 15.2. The summed E-state index contributed by atoms with van der Waals surface area (Å²) in [7, 11) is 0. The van der Waals surface area contributed by atoms with Crippen molar-refractivity contribution < 1.29 is 19.2 Å². The fraction of sp³-hybridized carbons (Fsp3) is 0.643. The molecule has 0 rings (SSSR count). The van der Waals surface area contributed by atoms with E-state index in [0.29, 0.717) is 25.7 Å². The highest BCUT2D eigenvalue weighted by Crippen LogP contribution is 2.09. The highest BCUT2D eigenvalue weighted by Gasteiger charge is 2.36. The largest absolute Gasteiger partial charge is 0.370 e. The maximum atomic E-state index is 12.1. The lowest BCUT2D eigenvalue weighted by atomic mass is 9.96. The Labute approximate surface area is 151 Å². The van der Waals surface area contributed by atoms with Gasteiger partial charge in [-0.25, -0.2) is 0 Å². The second kappa shape index (κ2) is 9.99. The predicted octanol–water partition coefficient (Wildman–Crippen LogP) is -2.55. The summed E-state index contributed by atoms with van der Waals surface area (Å²) in [5.74, 6) is -2.06. The van der Waals surface area contributed by atoms with Gasteiger partial charge in [-0.2, -0.15) is 12.6 Å². The molecule has 2 amide bonds. The number of nitrogens with zero attached hydrogens (tertiary/aromatic N) is 1. The summed E-state index contributed by atoms with van der Waals surface area (Å²) in [4.78, 5) is 50.4. The van der Waals surface area contributed by atoms with Gasteiger partial charge in [-0.15, -0.1) is 0 Å². The van der Waals surface area contributed by atoms with Gasteiger partial charge in [0.05, 0.1) is 12.1 Å². The number of hydrogen-bond acceptors (Lipinski definition) is 7. The van der Waals surface area contributed by atoms with Crippen LogP contribution in [0.2, 0.25) is 0 Å². The van der Waals surface area contributed by atoms with E-state index in [1.54, 1.807) is 0 Å². The molecule has 0 saturated carbocycles. The summed E-state index contributed by atoms with van der Waals surface area (Å²) in [6.07, 6.45) is 1.08. The van der Waals surface area contributed by atoms with E-state index in [4.69, 9.17) is 17.2 Å². The molecule has 0 unspecified atom stereocenters. The molecule has 0 aromatic heterocycles. The summed E-state index contributed by atoms with van der Waals surface area (Å²) in [5, 5.41) is 4.64. The predicted molar refractivity (Wildman–Crippen MR) is 97.0 cm³/mol. The van der Waals surface area contributed by atoms with Gasteiger partial charge in [0.15, 0.2) is 23.6 Å². The van der Waals surface area contributed by atoms with E-state index in [2.05, 4.69) is 28.3 Å². The van der Waals surface area contributed by atoms with Crippen molar-refractivity contribution in [3.63, 3.8) is 0 Å². The summed E-state index contributed by atoms with van der Waals surface area (Å²) < 4.78 is 0. The van der Waals surface area contributed by atoms with Gasteiger partial charge in [-0.1, -0.05) is 0 Å². The standard InChI is InChI=1S/C14H26N6O4S/c1-9(22)14(7-21,8-25)20-10(23)6-19-11(24)13(2,17)4-3-5-18-12(15)16/h7,25H,3-6,8,17H2,1-2H3,(H,19,24)(H,20,23)(H4,15,16,18)/t13-,14+/m0/s1. The molecule has 0 saturated heterocycles. The number of aliphatic imine (C=N–C) groups is 1. The lowest BCUT2D eigenvalue weighted by Crippen LogP contribution is -2.59. The molecule has 10 nitrogen and oxygen atoms in total. The minimum Gasteiger partial charge on any atom is -0.370 e. The Kier molecular flexibility index (Phi) is 9.13. The van der Waals surface area contributed by atoms with E-state index in [0.717, 1.165) is 6.92 Å².